The van der Waals surface area contributed by atoms with Crippen LogP contribution in [0.5, 0.6) is 5.75 Å². The van der Waals surface area contributed by atoms with Gasteiger partial charge in [-0.15, -0.1) is 0 Å². The van der Waals surface area contributed by atoms with E-state index in [1.54, 1.807) is 12.1 Å². The fourth-order valence-corrected chi connectivity index (χ4v) is 5.69. The first-order chi connectivity index (χ1) is 14.8. The molecule has 2 atom stereocenters. The molecule has 2 aromatic carbocycles. The smallest absolute Gasteiger partial charge is 0.123 e. The first kappa shape index (κ1) is 20.0. The van der Waals surface area contributed by atoms with Gasteiger partial charge in [0.15, 0.2) is 0 Å². The Bertz CT molecular complexity index is 847. The highest BCUT2D eigenvalue weighted by atomic mass is 19.1. The Morgan fingerprint density at radius 3 is 2.60 bits per heavy atom. The molecule has 5 rings (SSSR count). The van der Waals surface area contributed by atoms with Crippen LogP contribution in [0, 0.1) is 5.82 Å². The summed E-state index contributed by atoms with van der Waals surface area (Å²) in [5, 5.41) is 0. The van der Waals surface area contributed by atoms with Gasteiger partial charge in [-0.3, -0.25) is 4.90 Å². The first-order valence-electron chi connectivity index (χ1n) is 11.8. The summed E-state index contributed by atoms with van der Waals surface area (Å²) < 4.78 is 20.0. The van der Waals surface area contributed by atoms with Crippen molar-refractivity contribution >= 4 is 0 Å². The van der Waals surface area contributed by atoms with Gasteiger partial charge in [-0.25, -0.2) is 4.39 Å². The number of piperidine rings is 1. The number of halogens is 1. The molecule has 3 aliphatic heterocycles. The van der Waals surface area contributed by atoms with Crippen molar-refractivity contribution < 1.29 is 9.13 Å². The molecule has 2 aromatic rings. The number of fused-ring (bicyclic) bond motifs is 3. The topological polar surface area (TPSA) is 15.7 Å². The second kappa shape index (κ2) is 9.07. The lowest BCUT2D eigenvalue weighted by Gasteiger charge is -2.38. The summed E-state index contributed by atoms with van der Waals surface area (Å²) in [6.45, 7) is 6.53. The van der Waals surface area contributed by atoms with E-state index in [1.807, 2.05) is 12.1 Å². The van der Waals surface area contributed by atoms with E-state index in [1.165, 1.54) is 61.9 Å². The maximum absolute atomic E-state index is 13.6. The van der Waals surface area contributed by atoms with Crippen LogP contribution in [0.2, 0.25) is 0 Å². The van der Waals surface area contributed by atoms with Gasteiger partial charge in [-0.05, 0) is 81.1 Å². The molecule has 0 saturated carbocycles. The molecule has 3 nitrogen and oxygen atoms in total. The van der Waals surface area contributed by atoms with Crippen LogP contribution < -0.4 is 4.74 Å². The maximum Gasteiger partial charge on any atom is 0.123 e. The lowest BCUT2D eigenvalue weighted by molar-refractivity contribution is 0.200. The molecule has 4 heteroatoms. The van der Waals surface area contributed by atoms with Crippen molar-refractivity contribution in [3.05, 3.63) is 65.0 Å². The van der Waals surface area contributed by atoms with Crippen LogP contribution in [0.4, 0.5) is 4.39 Å². The van der Waals surface area contributed by atoms with Crippen molar-refractivity contribution in [3.8, 4) is 5.75 Å². The molecular formula is C26H33FN2O. The van der Waals surface area contributed by atoms with Gasteiger partial charge in [0.2, 0.25) is 0 Å². The molecule has 0 N–H and O–H groups in total. The van der Waals surface area contributed by atoms with E-state index in [-0.39, 0.29) is 11.7 Å². The highest BCUT2D eigenvalue weighted by Gasteiger charge is 2.38. The van der Waals surface area contributed by atoms with Gasteiger partial charge in [0.1, 0.15) is 11.6 Å². The van der Waals surface area contributed by atoms with E-state index in [9.17, 15) is 4.39 Å². The van der Waals surface area contributed by atoms with Crippen molar-refractivity contribution in [2.24, 2.45) is 0 Å². The molecule has 0 amide bonds. The third-order valence-corrected chi connectivity index (χ3v) is 7.19. The van der Waals surface area contributed by atoms with E-state index in [0.29, 0.717) is 6.04 Å². The van der Waals surface area contributed by atoms with Crippen LogP contribution in [0.1, 0.15) is 67.2 Å². The standard InChI is InChI=1S/C26H33FN2O/c27-21-12-10-20(11-13-21)23-19-29-17-5-8-24(29)22-7-4-9-25(26(22)23)30-18-6-16-28-14-2-1-3-15-28/h4,7,9-13,23-24H,1-3,5-6,8,14-19H2/t23-,24+/m0/s1. The number of hydrogen-bond donors (Lipinski definition) is 0. The van der Waals surface area contributed by atoms with E-state index in [0.717, 1.165) is 38.4 Å². The van der Waals surface area contributed by atoms with Crippen LogP contribution in [0.3, 0.4) is 0 Å². The molecule has 2 fully saturated rings. The molecule has 3 heterocycles. The van der Waals surface area contributed by atoms with Gasteiger partial charge in [0, 0.05) is 30.6 Å². The molecule has 3 aliphatic rings. The number of likely N-dealkylation sites (tertiary alicyclic amines) is 1. The predicted molar refractivity (Wildman–Crippen MR) is 119 cm³/mol. The number of ether oxygens (including phenoxy) is 1. The number of rotatable bonds is 6. The third kappa shape index (κ3) is 4.13. The Labute approximate surface area is 179 Å². The Balaban J connectivity index is 1.36. The van der Waals surface area contributed by atoms with E-state index in [2.05, 4.69) is 28.0 Å². The number of hydrogen-bond acceptors (Lipinski definition) is 3. The van der Waals surface area contributed by atoms with Crippen LogP contribution in [0.25, 0.3) is 0 Å². The largest absolute Gasteiger partial charge is 0.493 e. The van der Waals surface area contributed by atoms with Crippen molar-refractivity contribution in [1.82, 2.24) is 9.80 Å². The molecule has 0 bridgehead atoms. The lowest BCUT2D eigenvalue weighted by Crippen LogP contribution is -2.35. The van der Waals surface area contributed by atoms with E-state index in [4.69, 9.17) is 4.74 Å². The fraction of sp³-hybridized carbons (Fsp3) is 0.538. The Morgan fingerprint density at radius 2 is 1.77 bits per heavy atom. The molecule has 0 aromatic heterocycles. The molecule has 0 unspecified atom stereocenters. The molecule has 160 valence electrons. The zero-order chi connectivity index (χ0) is 20.3. The third-order valence-electron chi connectivity index (χ3n) is 7.19. The van der Waals surface area contributed by atoms with Crippen LogP contribution >= 0.6 is 0 Å². The summed E-state index contributed by atoms with van der Waals surface area (Å²) in [4.78, 5) is 5.18. The second-order valence-electron chi connectivity index (χ2n) is 9.12. The zero-order valence-corrected chi connectivity index (χ0v) is 17.9. The fourth-order valence-electron chi connectivity index (χ4n) is 5.69. The molecular weight excluding hydrogens is 375 g/mol. The molecule has 0 spiro atoms. The quantitative estimate of drug-likeness (QED) is 0.598. The van der Waals surface area contributed by atoms with Crippen LogP contribution in [-0.2, 0) is 0 Å². The van der Waals surface area contributed by atoms with Gasteiger partial charge in [-0.2, -0.15) is 0 Å². The summed E-state index contributed by atoms with van der Waals surface area (Å²) in [6, 6.07) is 14.2. The van der Waals surface area contributed by atoms with Crippen molar-refractivity contribution in [2.45, 2.75) is 50.5 Å². The monoisotopic (exact) mass is 408 g/mol. The molecule has 30 heavy (non-hydrogen) atoms. The van der Waals surface area contributed by atoms with Crippen LogP contribution in [0.15, 0.2) is 42.5 Å². The van der Waals surface area contributed by atoms with Gasteiger partial charge >= 0.3 is 0 Å². The zero-order valence-electron chi connectivity index (χ0n) is 17.9. The normalized spacial score (nSPS) is 24.4. The average molecular weight is 409 g/mol. The SMILES string of the molecule is Fc1ccc([C@@H]2CN3CCC[C@@H]3c3cccc(OCCCN4CCCCC4)c32)cc1. The maximum atomic E-state index is 13.6. The Morgan fingerprint density at radius 1 is 0.933 bits per heavy atom. The van der Waals surface area contributed by atoms with E-state index >= 15 is 0 Å². The predicted octanol–water partition coefficient (Wildman–Crippen LogP) is 5.36. The van der Waals surface area contributed by atoms with Crippen molar-refractivity contribution in [1.29, 1.82) is 0 Å². The van der Waals surface area contributed by atoms with Gasteiger partial charge < -0.3 is 9.64 Å². The number of benzene rings is 2. The van der Waals surface area contributed by atoms with Crippen LogP contribution in [-0.4, -0.2) is 49.1 Å². The summed E-state index contributed by atoms with van der Waals surface area (Å²) in [5.41, 5.74) is 3.94. The highest BCUT2D eigenvalue weighted by Crippen LogP contribution is 2.47. The minimum atomic E-state index is -0.170. The van der Waals surface area contributed by atoms with Crippen molar-refractivity contribution in [2.75, 3.05) is 39.3 Å². The second-order valence-corrected chi connectivity index (χ2v) is 9.12. The van der Waals surface area contributed by atoms with Crippen molar-refractivity contribution in [3.63, 3.8) is 0 Å². The summed E-state index contributed by atoms with van der Waals surface area (Å²) in [5.74, 6) is 1.11. The average Bonchev–Trinajstić information content (AvgIpc) is 3.26. The lowest BCUT2D eigenvalue weighted by atomic mass is 9.81. The van der Waals surface area contributed by atoms with Gasteiger partial charge in [-0.1, -0.05) is 30.7 Å². The molecule has 0 radical (unpaired) electrons. The Hall–Kier alpha value is -1.91. The van der Waals surface area contributed by atoms with Gasteiger partial charge in [0.25, 0.3) is 0 Å². The highest BCUT2D eigenvalue weighted by molar-refractivity contribution is 5.51. The number of nitrogens with zero attached hydrogens (tertiary/aromatic N) is 2. The summed E-state index contributed by atoms with van der Waals surface area (Å²) in [6.07, 6.45) is 7.60. The minimum Gasteiger partial charge on any atom is -0.493 e. The first-order valence-corrected chi connectivity index (χ1v) is 11.8. The minimum absolute atomic E-state index is 0.170. The molecule has 0 aliphatic carbocycles. The summed E-state index contributed by atoms with van der Waals surface area (Å²) >= 11 is 0. The Kier molecular flexibility index (Phi) is 6.05. The molecule has 2 saturated heterocycles. The van der Waals surface area contributed by atoms with Gasteiger partial charge in [0.05, 0.1) is 6.61 Å². The van der Waals surface area contributed by atoms with E-state index < -0.39 is 0 Å². The summed E-state index contributed by atoms with van der Waals surface area (Å²) in [7, 11) is 0.